The number of halogens is 2. The molecule has 2 aromatic carbocycles. The van der Waals surface area contributed by atoms with E-state index in [1.165, 1.54) is 12.1 Å². The first-order chi connectivity index (χ1) is 13.0. The van der Waals surface area contributed by atoms with E-state index in [2.05, 4.69) is 38.4 Å². The van der Waals surface area contributed by atoms with Gasteiger partial charge in [-0.15, -0.1) is 0 Å². The highest BCUT2D eigenvalue weighted by Gasteiger charge is 2.12. The van der Waals surface area contributed by atoms with E-state index in [1.54, 1.807) is 12.3 Å². The van der Waals surface area contributed by atoms with Crippen LogP contribution in [0.3, 0.4) is 0 Å². The van der Waals surface area contributed by atoms with Crippen LogP contribution in [0.1, 0.15) is 25.0 Å². The van der Waals surface area contributed by atoms with Gasteiger partial charge in [-0.1, -0.05) is 12.1 Å². The van der Waals surface area contributed by atoms with Gasteiger partial charge in [0.25, 0.3) is 0 Å². The maximum atomic E-state index is 13.3. The number of ether oxygens (including phenoxy) is 2. The Labute approximate surface area is 177 Å². The van der Waals surface area contributed by atoms with Gasteiger partial charge in [-0.05, 0) is 84.0 Å². The fourth-order valence-electron chi connectivity index (χ4n) is 2.21. The number of hydrogen-bond donors (Lipinski definition) is 2. The first kappa shape index (κ1) is 21.4. The molecule has 0 heterocycles. The van der Waals surface area contributed by atoms with Crippen LogP contribution in [0.5, 0.6) is 11.5 Å². The summed E-state index contributed by atoms with van der Waals surface area (Å²) in [6.45, 7) is 5.33. The number of benzene rings is 2. The number of rotatable bonds is 8. The predicted molar refractivity (Wildman–Crippen MR) is 118 cm³/mol. The zero-order valence-electron chi connectivity index (χ0n) is 15.1. The summed E-state index contributed by atoms with van der Waals surface area (Å²) < 4.78 is 25.8. The first-order valence-corrected chi connectivity index (χ1v) is 9.92. The quantitative estimate of drug-likeness (QED) is 0.246. The Morgan fingerprint density at radius 1 is 1.26 bits per heavy atom. The minimum atomic E-state index is -0.287. The van der Waals surface area contributed by atoms with Gasteiger partial charge in [0.05, 0.1) is 16.4 Å². The second kappa shape index (κ2) is 11.0. The van der Waals surface area contributed by atoms with Crippen LogP contribution in [0.2, 0.25) is 0 Å². The van der Waals surface area contributed by atoms with Crippen LogP contribution in [0.4, 0.5) is 4.39 Å². The molecule has 27 heavy (non-hydrogen) atoms. The van der Waals surface area contributed by atoms with Crippen LogP contribution in [0.25, 0.3) is 0 Å². The van der Waals surface area contributed by atoms with Crippen molar-refractivity contribution >= 4 is 46.1 Å². The third-order valence-corrected chi connectivity index (χ3v) is 4.36. The number of nitrogens with zero attached hydrogens (tertiary/aromatic N) is 1. The minimum absolute atomic E-state index is 0.250. The molecule has 0 atom stereocenters. The van der Waals surface area contributed by atoms with Crippen LogP contribution < -0.4 is 20.2 Å². The fraction of sp³-hybridized carbons (Fsp3) is 0.263. The standard InChI is InChI=1S/C19H21FIN3O2S/c1-3-22-19(27)24-23-11-14-9-16(21)18(17(10-14)25-4-2)26-12-13-6-5-7-15(20)8-13/h5-11H,3-4,12H2,1-2H3,(H2,22,24,27)/b23-11-. The zero-order chi connectivity index (χ0) is 19.6. The van der Waals surface area contributed by atoms with Crippen molar-refractivity contribution in [2.75, 3.05) is 13.2 Å². The molecule has 0 aromatic heterocycles. The highest BCUT2D eigenvalue weighted by Crippen LogP contribution is 2.34. The van der Waals surface area contributed by atoms with E-state index in [0.717, 1.165) is 21.2 Å². The molecule has 0 bridgehead atoms. The normalized spacial score (nSPS) is 10.7. The van der Waals surface area contributed by atoms with Gasteiger partial charge in [0.2, 0.25) is 0 Å². The Kier molecular flexibility index (Phi) is 8.73. The summed E-state index contributed by atoms with van der Waals surface area (Å²) in [5, 5.41) is 7.53. The van der Waals surface area contributed by atoms with Gasteiger partial charge >= 0.3 is 0 Å². The number of nitrogens with one attached hydrogen (secondary N) is 2. The van der Waals surface area contributed by atoms with E-state index in [9.17, 15) is 4.39 Å². The predicted octanol–water partition coefficient (Wildman–Crippen LogP) is 4.23. The molecule has 2 N–H and O–H groups in total. The van der Waals surface area contributed by atoms with E-state index in [1.807, 2.05) is 32.0 Å². The van der Waals surface area contributed by atoms with Crippen molar-refractivity contribution in [3.8, 4) is 11.5 Å². The summed E-state index contributed by atoms with van der Waals surface area (Å²) in [7, 11) is 0. The van der Waals surface area contributed by atoms with Gasteiger partial charge in [-0.25, -0.2) is 4.39 Å². The van der Waals surface area contributed by atoms with Crippen molar-refractivity contribution in [1.82, 2.24) is 10.7 Å². The molecule has 0 unspecified atom stereocenters. The van der Waals surface area contributed by atoms with Crippen molar-refractivity contribution < 1.29 is 13.9 Å². The molecule has 0 aliphatic rings. The Morgan fingerprint density at radius 2 is 2.07 bits per heavy atom. The van der Waals surface area contributed by atoms with Crippen LogP contribution >= 0.6 is 34.8 Å². The minimum Gasteiger partial charge on any atom is -0.490 e. The average Bonchev–Trinajstić information content (AvgIpc) is 2.61. The summed E-state index contributed by atoms with van der Waals surface area (Å²) in [5.41, 5.74) is 4.34. The smallest absolute Gasteiger partial charge is 0.186 e. The van der Waals surface area contributed by atoms with E-state index < -0.39 is 0 Å². The average molecular weight is 501 g/mol. The molecule has 0 saturated carbocycles. The van der Waals surface area contributed by atoms with Crippen molar-refractivity contribution in [1.29, 1.82) is 0 Å². The molecule has 2 rings (SSSR count). The summed E-state index contributed by atoms with van der Waals surface area (Å²) >= 11 is 7.24. The van der Waals surface area contributed by atoms with E-state index >= 15 is 0 Å². The van der Waals surface area contributed by atoms with Crippen molar-refractivity contribution in [3.63, 3.8) is 0 Å². The second-order valence-corrected chi connectivity index (χ2v) is 6.98. The Morgan fingerprint density at radius 3 is 2.78 bits per heavy atom. The lowest BCUT2D eigenvalue weighted by molar-refractivity contribution is 0.267. The van der Waals surface area contributed by atoms with Gasteiger partial charge in [0.15, 0.2) is 16.6 Å². The van der Waals surface area contributed by atoms with Gasteiger partial charge in [0, 0.05) is 6.54 Å². The van der Waals surface area contributed by atoms with E-state index in [-0.39, 0.29) is 12.4 Å². The number of hydrogen-bond acceptors (Lipinski definition) is 4. The Balaban J connectivity index is 2.15. The van der Waals surface area contributed by atoms with Crippen LogP contribution in [0, 0.1) is 9.39 Å². The fourth-order valence-corrected chi connectivity index (χ4v) is 3.19. The molecular formula is C19H21FIN3O2S. The molecule has 0 spiro atoms. The molecule has 8 heteroatoms. The first-order valence-electron chi connectivity index (χ1n) is 8.44. The van der Waals surface area contributed by atoms with Crippen LogP contribution in [0.15, 0.2) is 41.5 Å². The maximum absolute atomic E-state index is 13.3. The summed E-state index contributed by atoms with van der Waals surface area (Å²) in [5.74, 6) is 0.942. The SMILES string of the molecule is CCNC(=S)N/N=C\c1cc(I)c(OCc2cccc(F)c2)c(OCC)c1. The molecule has 2 aromatic rings. The van der Waals surface area contributed by atoms with Crippen molar-refractivity contribution in [2.24, 2.45) is 5.10 Å². The van der Waals surface area contributed by atoms with E-state index in [0.29, 0.717) is 23.2 Å². The van der Waals surface area contributed by atoms with Gasteiger partial charge < -0.3 is 14.8 Å². The van der Waals surface area contributed by atoms with E-state index in [4.69, 9.17) is 21.7 Å². The largest absolute Gasteiger partial charge is 0.490 e. The highest BCUT2D eigenvalue weighted by atomic mass is 127. The van der Waals surface area contributed by atoms with Gasteiger partial charge in [0.1, 0.15) is 12.4 Å². The molecule has 5 nitrogen and oxygen atoms in total. The molecule has 0 aliphatic carbocycles. The topological polar surface area (TPSA) is 54.9 Å². The molecule has 0 saturated heterocycles. The third kappa shape index (κ3) is 6.94. The van der Waals surface area contributed by atoms with Crippen LogP contribution in [-0.4, -0.2) is 24.5 Å². The molecule has 0 radical (unpaired) electrons. The lowest BCUT2D eigenvalue weighted by Crippen LogP contribution is -2.31. The monoisotopic (exact) mass is 501 g/mol. The van der Waals surface area contributed by atoms with Gasteiger partial charge in [-0.2, -0.15) is 5.10 Å². The lowest BCUT2D eigenvalue weighted by atomic mass is 10.2. The highest BCUT2D eigenvalue weighted by molar-refractivity contribution is 14.1. The second-order valence-electron chi connectivity index (χ2n) is 5.41. The zero-order valence-corrected chi connectivity index (χ0v) is 18.1. The van der Waals surface area contributed by atoms with Gasteiger partial charge in [-0.3, -0.25) is 5.43 Å². The lowest BCUT2D eigenvalue weighted by Gasteiger charge is -2.15. The summed E-state index contributed by atoms with van der Waals surface area (Å²) in [4.78, 5) is 0. The van der Waals surface area contributed by atoms with Crippen LogP contribution in [-0.2, 0) is 6.61 Å². The number of thiocarbonyl (C=S) groups is 1. The molecular weight excluding hydrogens is 480 g/mol. The molecule has 0 fully saturated rings. The van der Waals surface area contributed by atoms with Crippen molar-refractivity contribution in [3.05, 3.63) is 56.9 Å². The van der Waals surface area contributed by atoms with Crippen molar-refractivity contribution in [2.45, 2.75) is 20.5 Å². The molecule has 144 valence electrons. The summed E-state index contributed by atoms with van der Waals surface area (Å²) in [6, 6.07) is 10.1. The third-order valence-electron chi connectivity index (χ3n) is 3.32. The molecule has 0 aliphatic heterocycles. The summed E-state index contributed by atoms with van der Waals surface area (Å²) in [6.07, 6.45) is 1.66. The number of hydrazone groups is 1. The Hall–Kier alpha value is -1.94. The Bertz CT molecular complexity index is 818. The maximum Gasteiger partial charge on any atom is 0.186 e. The molecule has 0 amide bonds.